The first-order valence-electron chi connectivity index (χ1n) is 1.11. The maximum absolute atomic E-state index is 8.30. The minimum Gasteiger partial charge on any atom is -0.334 e. The van der Waals surface area contributed by atoms with Crippen LogP contribution in [0.2, 0.25) is 0 Å². The third-order valence-electron chi connectivity index (χ3n) is 0.206. The molecule has 8 heavy (non-hydrogen) atoms. The SMILES string of the molecule is OOP(O)(=S)SO.P. The first kappa shape index (κ1) is 12.0. The highest BCUT2D eigenvalue weighted by molar-refractivity contribution is 8.65. The predicted octanol–water partition coefficient (Wildman–Crippen LogP) is 0.957. The summed E-state index contributed by atoms with van der Waals surface area (Å²) in [6.45, 7) is 0. The fourth-order valence-corrected chi connectivity index (χ4v) is 0.134. The summed E-state index contributed by atoms with van der Waals surface area (Å²) >= 11 is 3.99. The summed E-state index contributed by atoms with van der Waals surface area (Å²) in [7, 11) is 0. The second-order valence-electron chi connectivity index (χ2n) is 0.632. The molecule has 0 rings (SSSR count). The van der Waals surface area contributed by atoms with Crippen LogP contribution in [0.5, 0.6) is 0 Å². The summed E-state index contributed by atoms with van der Waals surface area (Å²) in [5.41, 5.74) is -3.29. The summed E-state index contributed by atoms with van der Waals surface area (Å²) in [6.07, 6.45) is 0. The molecule has 2 unspecified atom stereocenters. The Hall–Kier alpha value is 1.27. The highest BCUT2D eigenvalue weighted by Crippen LogP contribution is 2.52. The predicted molar refractivity (Wildman–Crippen MR) is 41.5 cm³/mol. The first-order valence-corrected chi connectivity index (χ1v) is 5.16. The zero-order valence-electron chi connectivity index (χ0n) is 3.72. The van der Waals surface area contributed by atoms with Crippen molar-refractivity contribution in [3.05, 3.63) is 0 Å². The molecule has 0 aromatic carbocycles. The molecule has 3 N–H and O–H groups in total. The Balaban J connectivity index is 0. The maximum atomic E-state index is 8.30. The van der Waals surface area contributed by atoms with Gasteiger partial charge in [-0.05, 0) is 11.8 Å². The molecule has 0 saturated heterocycles. The van der Waals surface area contributed by atoms with Crippen molar-refractivity contribution in [2.24, 2.45) is 0 Å². The van der Waals surface area contributed by atoms with E-state index in [2.05, 4.69) is 16.5 Å². The van der Waals surface area contributed by atoms with Crippen LogP contribution in [0.4, 0.5) is 0 Å². The van der Waals surface area contributed by atoms with Crippen LogP contribution in [0.15, 0.2) is 0 Å². The van der Waals surface area contributed by atoms with Gasteiger partial charge in [0, 0.05) is 0 Å². The minimum absolute atomic E-state index is 0. The van der Waals surface area contributed by atoms with Crippen LogP contribution in [-0.4, -0.2) is 14.7 Å². The summed E-state index contributed by atoms with van der Waals surface area (Å²) in [6, 6.07) is 0. The van der Waals surface area contributed by atoms with Crippen molar-refractivity contribution in [2.75, 3.05) is 0 Å². The van der Waals surface area contributed by atoms with Gasteiger partial charge in [-0.15, -0.1) is 0 Å². The smallest absolute Gasteiger partial charge is 0.301 e. The van der Waals surface area contributed by atoms with Gasteiger partial charge in [0.1, 0.15) is 0 Å². The highest BCUT2D eigenvalue weighted by atomic mass is 32.9. The Morgan fingerprint density at radius 2 is 2.00 bits per heavy atom. The summed E-state index contributed by atoms with van der Waals surface area (Å²) in [4.78, 5) is 8.30. The summed E-state index contributed by atoms with van der Waals surface area (Å²) < 4.78 is 11.2. The van der Waals surface area contributed by atoms with E-state index in [0.29, 0.717) is 0 Å². The molecular formula is H6O4P2S2. The van der Waals surface area contributed by atoms with Crippen molar-refractivity contribution >= 4 is 39.1 Å². The van der Waals surface area contributed by atoms with Gasteiger partial charge in [0.05, 0.1) is 11.7 Å². The molecule has 0 aliphatic carbocycles. The van der Waals surface area contributed by atoms with E-state index in [0.717, 1.165) is 0 Å². The molecule has 8 heteroatoms. The van der Waals surface area contributed by atoms with Crippen LogP contribution >= 0.6 is 27.3 Å². The van der Waals surface area contributed by atoms with Crippen LogP contribution < -0.4 is 0 Å². The monoisotopic (exact) mass is 196 g/mol. The number of hydrogen-bond donors (Lipinski definition) is 3. The van der Waals surface area contributed by atoms with Crippen molar-refractivity contribution in [3.8, 4) is 0 Å². The average Bonchev–Trinajstić information content (AvgIpc) is 1.68. The molecule has 0 aliphatic heterocycles. The quantitative estimate of drug-likeness (QED) is 0.264. The van der Waals surface area contributed by atoms with E-state index >= 15 is 0 Å². The maximum Gasteiger partial charge on any atom is 0.301 e. The van der Waals surface area contributed by atoms with Crippen LogP contribution in [0, 0.1) is 0 Å². The van der Waals surface area contributed by atoms with E-state index in [1.807, 2.05) is 0 Å². The van der Waals surface area contributed by atoms with Gasteiger partial charge in [0.15, 0.2) is 0 Å². The molecule has 0 aliphatic rings. The van der Waals surface area contributed by atoms with Crippen molar-refractivity contribution in [2.45, 2.75) is 0 Å². The molecule has 0 fully saturated rings. The Labute approximate surface area is 58.9 Å². The third kappa shape index (κ3) is 5.41. The van der Waals surface area contributed by atoms with Gasteiger partial charge in [-0.25, -0.2) is 5.26 Å². The van der Waals surface area contributed by atoms with E-state index < -0.39 is 5.69 Å². The molecule has 0 heterocycles. The third-order valence-corrected chi connectivity index (χ3v) is 2.24. The lowest BCUT2D eigenvalue weighted by molar-refractivity contribution is -0.133. The first-order chi connectivity index (χ1) is 3.12. The molecule has 2 atom stereocenters. The van der Waals surface area contributed by atoms with Crippen molar-refractivity contribution in [1.82, 2.24) is 0 Å². The Kier molecular flexibility index (Phi) is 7.63. The van der Waals surface area contributed by atoms with E-state index in [1.54, 1.807) is 0 Å². The molecule has 0 aromatic heterocycles. The van der Waals surface area contributed by atoms with E-state index in [9.17, 15) is 0 Å². The molecule has 0 spiro atoms. The average molecular weight is 196 g/mol. The molecular weight excluding hydrogens is 190 g/mol. The second kappa shape index (κ2) is 5.09. The van der Waals surface area contributed by atoms with Crippen molar-refractivity contribution in [3.63, 3.8) is 0 Å². The standard InChI is InChI=1S/H3O4PS2.H3P/c1-4-5(2,6)7-3;/h1,3H,(H,2,6);1H3. The van der Waals surface area contributed by atoms with Gasteiger partial charge in [-0.2, -0.15) is 14.6 Å². The van der Waals surface area contributed by atoms with Crippen LogP contribution in [0.25, 0.3) is 0 Å². The highest BCUT2D eigenvalue weighted by Gasteiger charge is 2.11. The Bertz CT molecular complexity index is 84.0. The van der Waals surface area contributed by atoms with Gasteiger partial charge in [0.2, 0.25) is 0 Å². The van der Waals surface area contributed by atoms with Crippen molar-refractivity contribution < 1.29 is 19.4 Å². The molecule has 52 valence electrons. The van der Waals surface area contributed by atoms with Gasteiger partial charge in [0.25, 0.3) is 0 Å². The van der Waals surface area contributed by atoms with Crippen LogP contribution in [0.1, 0.15) is 0 Å². The summed E-state index contributed by atoms with van der Waals surface area (Å²) in [5.74, 6) is 0. The van der Waals surface area contributed by atoms with E-state index in [-0.39, 0.29) is 21.6 Å². The fraction of sp³-hybridized carbons (Fsp3) is 0. The Morgan fingerprint density at radius 3 is 2.00 bits per heavy atom. The van der Waals surface area contributed by atoms with E-state index in [4.69, 9.17) is 14.7 Å². The van der Waals surface area contributed by atoms with Crippen molar-refractivity contribution in [1.29, 1.82) is 0 Å². The lowest BCUT2D eigenvalue weighted by Gasteiger charge is -2.00. The minimum atomic E-state index is -3.29. The van der Waals surface area contributed by atoms with Gasteiger partial charge in [-0.3, -0.25) is 0 Å². The van der Waals surface area contributed by atoms with E-state index in [1.165, 1.54) is 0 Å². The molecule has 4 nitrogen and oxygen atoms in total. The number of rotatable bonds is 2. The second-order valence-corrected chi connectivity index (χ2v) is 6.05. The normalized spacial score (nSPS) is 16.4. The summed E-state index contributed by atoms with van der Waals surface area (Å²) in [5, 5.41) is 7.61. The van der Waals surface area contributed by atoms with Gasteiger partial charge >= 0.3 is 5.69 Å². The lowest BCUT2D eigenvalue weighted by Crippen LogP contribution is -1.73. The molecule has 0 bridgehead atoms. The fourth-order valence-electron chi connectivity index (χ4n) is 0.0149. The lowest BCUT2D eigenvalue weighted by atomic mass is 15.0. The molecule has 0 saturated carbocycles. The zero-order chi connectivity index (χ0) is 5.91. The Morgan fingerprint density at radius 1 is 1.62 bits per heavy atom. The molecule has 0 radical (unpaired) electrons. The largest absolute Gasteiger partial charge is 0.334 e. The van der Waals surface area contributed by atoms with Crippen LogP contribution in [0.3, 0.4) is 0 Å². The van der Waals surface area contributed by atoms with Crippen LogP contribution in [-0.2, 0) is 16.5 Å². The topological polar surface area (TPSA) is 69.9 Å². The van der Waals surface area contributed by atoms with Gasteiger partial charge in [-0.1, -0.05) is 0 Å². The van der Waals surface area contributed by atoms with Gasteiger partial charge < -0.3 is 9.45 Å². The number of hydrogen-bond acceptors (Lipinski definition) is 5. The molecule has 0 amide bonds. The molecule has 0 aromatic rings. The zero-order valence-corrected chi connectivity index (χ0v) is 7.66.